The van der Waals surface area contributed by atoms with Crippen molar-refractivity contribution >= 4 is 33.7 Å². The molecular weight excluding hydrogens is 332 g/mol. The third-order valence-corrected chi connectivity index (χ3v) is 3.44. The Kier molecular flexibility index (Phi) is 5.11. The van der Waals surface area contributed by atoms with E-state index in [1.54, 1.807) is 12.3 Å². The van der Waals surface area contributed by atoms with Crippen LogP contribution in [0.3, 0.4) is 0 Å². The highest BCUT2D eigenvalue weighted by molar-refractivity contribution is 9.10. The Morgan fingerprint density at radius 1 is 1.43 bits per heavy atom. The summed E-state index contributed by atoms with van der Waals surface area (Å²) in [6.45, 7) is 0.693. The van der Waals surface area contributed by atoms with Crippen LogP contribution < -0.4 is 4.90 Å². The van der Waals surface area contributed by atoms with Gasteiger partial charge in [0.15, 0.2) is 0 Å². The molecule has 0 bridgehead atoms. The highest BCUT2D eigenvalue weighted by atomic mass is 79.9. The normalized spacial score (nSPS) is 10.8. The average molecular weight is 347 g/mol. The van der Waals surface area contributed by atoms with Crippen molar-refractivity contribution in [2.24, 2.45) is 0 Å². The van der Waals surface area contributed by atoms with E-state index in [0.29, 0.717) is 6.54 Å². The number of hydrogen-bond donors (Lipinski definition) is 1. The van der Waals surface area contributed by atoms with Crippen LogP contribution in [-0.4, -0.2) is 23.1 Å². The molecule has 1 aromatic heterocycles. The first-order valence-electron chi connectivity index (χ1n) is 6.37. The van der Waals surface area contributed by atoms with Crippen molar-refractivity contribution in [3.05, 3.63) is 64.4 Å². The Balaban J connectivity index is 2.28. The van der Waals surface area contributed by atoms with E-state index < -0.39 is 5.97 Å². The molecule has 1 heterocycles. The Morgan fingerprint density at radius 3 is 2.90 bits per heavy atom. The predicted octanol–water partition coefficient (Wildman–Crippen LogP) is 3.58. The number of aromatic nitrogens is 1. The summed E-state index contributed by atoms with van der Waals surface area (Å²) in [5.41, 5.74) is 2.89. The maximum Gasteiger partial charge on any atom is 0.328 e. The molecule has 2 rings (SSSR count). The zero-order valence-electron chi connectivity index (χ0n) is 11.5. The first-order valence-corrected chi connectivity index (χ1v) is 7.16. The van der Waals surface area contributed by atoms with Gasteiger partial charge in [0.2, 0.25) is 0 Å². The van der Waals surface area contributed by atoms with Crippen LogP contribution in [0.25, 0.3) is 6.08 Å². The number of carboxylic acid groups (broad SMARTS) is 1. The quantitative estimate of drug-likeness (QED) is 0.840. The van der Waals surface area contributed by atoms with Crippen LogP contribution >= 0.6 is 15.9 Å². The number of halogens is 1. The van der Waals surface area contributed by atoms with E-state index in [9.17, 15) is 4.79 Å². The van der Waals surface area contributed by atoms with Gasteiger partial charge in [-0.25, -0.2) is 4.79 Å². The second-order valence-corrected chi connectivity index (χ2v) is 5.51. The molecule has 0 saturated heterocycles. The van der Waals surface area contributed by atoms with E-state index in [1.165, 1.54) is 0 Å². The van der Waals surface area contributed by atoms with E-state index in [2.05, 4.69) is 25.8 Å². The molecule has 0 radical (unpaired) electrons. The molecule has 0 saturated carbocycles. The number of carboxylic acids is 1. The fourth-order valence-electron chi connectivity index (χ4n) is 2.00. The minimum absolute atomic E-state index is 0.693. The van der Waals surface area contributed by atoms with Gasteiger partial charge >= 0.3 is 5.97 Å². The summed E-state index contributed by atoms with van der Waals surface area (Å²) in [4.78, 5) is 16.9. The van der Waals surface area contributed by atoms with Gasteiger partial charge in [-0.05, 0) is 35.4 Å². The minimum atomic E-state index is -0.959. The summed E-state index contributed by atoms with van der Waals surface area (Å²) in [6.07, 6.45) is 6.30. The van der Waals surface area contributed by atoms with Crippen molar-refractivity contribution in [2.75, 3.05) is 11.9 Å². The Hall–Kier alpha value is -2.14. The van der Waals surface area contributed by atoms with Crippen molar-refractivity contribution in [3.8, 4) is 0 Å². The molecule has 1 N–H and O–H groups in total. The van der Waals surface area contributed by atoms with Crippen molar-refractivity contribution < 1.29 is 9.90 Å². The summed E-state index contributed by atoms with van der Waals surface area (Å²) in [7, 11) is 1.97. The first-order chi connectivity index (χ1) is 10.1. The van der Waals surface area contributed by atoms with E-state index in [-0.39, 0.29) is 0 Å². The van der Waals surface area contributed by atoms with Gasteiger partial charge in [0.05, 0.1) is 0 Å². The lowest BCUT2D eigenvalue weighted by Gasteiger charge is -2.22. The zero-order valence-corrected chi connectivity index (χ0v) is 13.1. The first kappa shape index (κ1) is 15.3. The smallest absolute Gasteiger partial charge is 0.328 e. The zero-order chi connectivity index (χ0) is 15.2. The van der Waals surface area contributed by atoms with Crippen LogP contribution in [0, 0.1) is 0 Å². The number of hydrogen-bond acceptors (Lipinski definition) is 3. The Bertz CT molecular complexity index is 657. The number of pyridine rings is 1. The molecule has 0 amide bonds. The van der Waals surface area contributed by atoms with Crippen LogP contribution in [-0.2, 0) is 11.3 Å². The van der Waals surface area contributed by atoms with Crippen LogP contribution in [0.5, 0.6) is 0 Å². The molecule has 108 valence electrons. The maximum absolute atomic E-state index is 10.7. The molecule has 5 heteroatoms. The van der Waals surface area contributed by atoms with E-state index in [4.69, 9.17) is 5.11 Å². The Morgan fingerprint density at radius 2 is 2.24 bits per heavy atom. The number of benzene rings is 1. The lowest BCUT2D eigenvalue weighted by atomic mass is 10.1. The molecule has 0 fully saturated rings. The maximum atomic E-state index is 10.7. The van der Waals surface area contributed by atoms with Crippen LogP contribution in [0.15, 0.2) is 53.3 Å². The van der Waals surface area contributed by atoms with Gasteiger partial charge in [0.1, 0.15) is 0 Å². The van der Waals surface area contributed by atoms with Gasteiger partial charge in [0, 0.05) is 42.2 Å². The molecule has 4 nitrogen and oxygen atoms in total. The second-order valence-electron chi connectivity index (χ2n) is 4.59. The molecular formula is C16H15BrN2O2. The SMILES string of the molecule is CN(Cc1cccnc1)c1cc(Br)ccc1/C=C/C(=O)O. The summed E-state index contributed by atoms with van der Waals surface area (Å²) in [5, 5.41) is 8.78. The fourth-order valence-corrected chi connectivity index (χ4v) is 2.35. The largest absolute Gasteiger partial charge is 0.478 e. The molecule has 0 aliphatic rings. The molecule has 1 aromatic carbocycles. The number of carbonyl (C=O) groups is 1. The highest BCUT2D eigenvalue weighted by Gasteiger charge is 2.08. The standard InChI is InChI=1S/C16H15BrN2O2/c1-19(11-12-3-2-8-18-10-12)15-9-14(17)6-4-13(15)5-7-16(20)21/h2-10H,11H2,1H3,(H,20,21)/b7-5+. The lowest BCUT2D eigenvalue weighted by Crippen LogP contribution is -2.17. The number of nitrogens with zero attached hydrogens (tertiary/aromatic N) is 2. The second kappa shape index (κ2) is 7.04. The average Bonchev–Trinajstić information content (AvgIpc) is 2.46. The number of aliphatic carboxylic acids is 1. The summed E-state index contributed by atoms with van der Waals surface area (Å²) in [6, 6.07) is 9.66. The molecule has 0 aliphatic carbocycles. The molecule has 0 atom stereocenters. The summed E-state index contributed by atoms with van der Waals surface area (Å²) >= 11 is 3.45. The number of anilines is 1. The van der Waals surface area contributed by atoms with Crippen molar-refractivity contribution in [2.45, 2.75) is 6.54 Å². The van der Waals surface area contributed by atoms with Crippen LogP contribution in [0.4, 0.5) is 5.69 Å². The summed E-state index contributed by atoms with van der Waals surface area (Å²) < 4.78 is 0.947. The van der Waals surface area contributed by atoms with E-state index in [1.807, 2.05) is 43.6 Å². The molecule has 21 heavy (non-hydrogen) atoms. The topological polar surface area (TPSA) is 53.4 Å². The van der Waals surface area contributed by atoms with Gasteiger partial charge in [-0.15, -0.1) is 0 Å². The van der Waals surface area contributed by atoms with Gasteiger partial charge < -0.3 is 10.0 Å². The van der Waals surface area contributed by atoms with Gasteiger partial charge in [0.25, 0.3) is 0 Å². The lowest BCUT2D eigenvalue weighted by molar-refractivity contribution is -0.131. The van der Waals surface area contributed by atoms with Gasteiger partial charge in [-0.3, -0.25) is 4.98 Å². The van der Waals surface area contributed by atoms with E-state index >= 15 is 0 Å². The molecule has 2 aromatic rings. The Labute approximate surface area is 131 Å². The third kappa shape index (κ3) is 4.43. The predicted molar refractivity (Wildman–Crippen MR) is 87.2 cm³/mol. The third-order valence-electron chi connectivity index (χ3n) is 2.95. The highest BCUT2D eigenvalue weighted by Crippen LogP contribution is 2.26. The van der Waals surface area contributed by atoms with Crippen LogP contribution in [0.1, 0.15) is 11.1 Å². The number of rotatable bonds is 5. The van der Waals surface area contributed by atoms with Crippen molar-refractivity contribution in [1.82, 2.24) is 4.98 Å². The molecule has 0 aliphatic heterocycles. The summed E-state index contributed by atoms with van der Waals surface area (Å²) in [5.74, 6) is -0.959. The minimum Gasteiger partial charge on any atom is -0.478 e. The van der Waals surface area contributed by atoms with Gasteiger partial charge in [-0.1, -0.05) is 28.1 Å². The van der Waals surface area contributed by atoms with Crippen molar-refractivity contribution in [1.29, 1.82) is 0 Å². The van der Waals surface area contributed by atoms with Crippen molar-refractivity contribution in [3.63, 3.8) is 0 Å². The monoisotopic (exact) mass is 346 g/mol. The van der Waals surface area contributed by atoms with Crippen LogP contribution in [0.2, 0.25) is 0 Å². The van der Waals surface area contributed by atoms with E-state index in [0.717, 1.165) is 27.4 Å². The molecule has 0 spiro atoms. The van der Waals surface area contributed by atoms with Gasteiger partial charge in [-0.2, -0.15) is 0 Å². The fraction of sp³-hybridized carbons (Fsp3) is 0.125. The molecule has 0 unspecified atom stereocenters.